The summed E-state index contributed by atoms with van der Waals surface area (Å²) in [5, 5.41) is 0. The molecule has 0 aromatic rings. The van der Waals surface area contributed by atoms with Crippen LogP contribution in [-0.4, -0.2) is 30.6 Å². The molecule has 26 heavy (non-hydrogen) atoms. The van der Waals surface area contributed by atoms with Crippen molar-refractivity contribution >= 4 is 5.97 Å². The molecule has 4 nitrogen and oxygen atoms in total. The van der Waals surface area contributed by atoms with Gasteiger partial charge in [0.15, 0.2) is 6.61 Å². The number of nitrogens with zero attached hydrogens (tertiary/aromatic N) is 1. The summed E-state index contributed by atoms with van der Waals surface area (Å²) in [4.78, 5) is 13.7. The monoisotopic (exact) mass is 351 g/mol. The summed E-state index contributed by atoms with van der Waals surface area (Å²) in [6, 6.07) is 0.231. The van der Waals surface area contributed by atoms with Crippen LogP contribution in [0.4, 0.5) is 0 Å². The van der Waals surface area contributed by atoms with Gasteiger partial charge in [-0.05, 0) is 43.1 Å². The van der Waals surface area contributed by atoms with Gasteiger partial charge in [0.25, 0.3) is 0 Å². The minimum atomic E-state index is -0.383. The van der Waals surface area contributed by atoms with Crippen LogP contribution in [-0.2, 0) is 14.3 Å². The first kappa shape index (κ1) is 18.1. The number of rotatable bonds is 6. The van der Waals surface area contributed by atoms with Gasteiger partial charge >= 0.3 is 5.97 Å². The molecule has 3 aliphatic rings. The first-order valence-corrected chi connectivity index (χ1v) is 8.94. The maximum atomic E-state index is 11.4. The highest BCUT2D eigenvalue weighted by atomic mass is 16.6. The van der Waals surface area contributed by atoms with Crippen molar-refractivity contribution in [1.82, 2.24) is 4.90 Å². The molecule has 2 unspecified atom stereocenters. The Balaban J connectivity index is 1.86. The first-order chi connectivity index (χ1) is 12.7. The van der Waals surface area contributed by atoms with E-state index >= 15 is 0 Å². The zero-order valence-corrected chi connectivity index (χ0v) is 15.4. The van der Waals surface area contributed by atoms with E-state index in [4.69, 9.17) is 4.74 Å². The normalized spacial score (nSPS) is 24.5. The van der Waals surface area contributed by atoms with Gasteiger partial charge in [-0.15, -0.1) is 0 Å². The van der Waals surface area contributed by atoms with Crippen molar-refractivity contribution < 1.29 is 14.3 Å². The average molecular weight is 351 g/mol. The Hall–Kier alpha value is -2.75. The number of carbonyl (C=O) groups excluding carboxylic acids is 1. The molecule has 2 aliphatic heterocycles. The predicted octanol–water partition coefficient (Wildman–Crippen LogP) is 4.18. The fourth-order valence-corrected chi connectivity index (χ4v) is 3.69. The number of hydrogen-bond acceptors (Lipinski definition) is 4. The first-order valence-electron chi connectivity index (χ1n) is 8.94. The number of allylic oxidation sites excluding steroid dienone is 7. The summed E-state index contributed by atoms with van der Waals surface area (Å²) in [5.41, 5.74) is 3.46. The van der Waals surface area contributed by atoms with Crippen LogP contribution in [0.3, 0.4) is 0 Å². The Morgan fingerprint density at radius 1 is 1.46 bits per heavy atom. The molecule has 0 N–H and O–H groups in total. The Bertz CT molecular complexity index is 764. The number of fused-ring (bicyclic) bond motifs is 3. The quantitative estimate of drug-likeness (QED) is 0.531. The minimum absolute atomic E-state index is 0.0848. The highest BCUT2D eigenvalue weighted by Crippen LogP contribution is 2.44. The summed E-state index contributed by atoms with van der Waals surface area (Å²) in [5.74, 6) is 0.739. The van der Waals surface area contributed by atoms with E-state index in [2.05, 4.69) is 40.6 Å². The molecule has 2 heterocycles. The van der Waals surface area contributed by atoms with E-state index in [-0.39, 0.29) is 18.6 Å². The average Bonchev–Trinajstić information content (AvgIpc) is 3.06. The lowest BCUT2D eigenvalue weighted by atomic mass is 9.81. The molecule has 0 spiro atoms. The van der Waals surface area contributed by atoms with Crippen molar-refractivity contribution in [3.05, 3.63) is 84.0 Å². The molecule has 4 heteroatoms. The van der Waals surface area contributed by atoms with E-state index in [1.165, 1.54) is 12.7 Å². The van der Waals surface area contributed by atoms with Crippen LogP contribution in [0.15, 0.2) is 84.0 Å². The minimum Gasteiger partial charge on any atom is -0.480 e. The maximum Gasteiger partial charge on any atom is 0.343 e. The molecule has 0 radical (unpaired) electrons. The van der Waals surface area contributed by atoms with E-state index < -0.39 is 0 Å². The van der Waals surface area contributed by atoms with Crippen LogP contribution in [0.5, 0.6) is 0 Å². The van der Waals surface area contributed by atoms with Crippen LogP contribution < -0.4 is 0 Å². The standard InChI is InChI=1S/C22H25NO3/c1-4-6-9-16(5-2)18-11-7-10-17-14-19-20(26-15-21(24)25-3)12-8-13-23(19)22(17)18/h4-6,8-9,11-14,17,22H,2,7,10,15H2,1,3H3/b6-4-,16-9+. The summed E-state index contributed by atoms with van der Waals surface area (Å²) in [6.07, 6.45) is 20.8. The zero-order valence-electron chi connectivity index (χ0n) is 15.4. The van der Waals surface area contributed by atoms with Crippen molar-refractivity contribution in [3.8, 4) is 0 Å². The van der Waals surface area contributed by atoms with Crippen molar-refractivity contribution in [2.45, 2.75) is 25.8 Å². The lowest BCUT2D eigenvalue weighted by molar-refractivity contribution is -0.144. The molecule has 0 aromatic heterocycles. The predicted molar refractivity (Wildman–Crippen MR) is 103 cm³/mol. The number of carbonyl (C=O) groups is 1. The maximum absolute atomic E-state index is 11.4. The van der Waals surface area contributed by atoms with E-state index in [1.54, 1.807) is 0 Å². The zero-order chi connectivity index (χ0) is 18.5. The molecule has 0 saturated carbocycles. The van der Waals surface area contributed by atoms with Crippen molar-refractivity contribution in [3.63, 3.8) is 0 Å². The summed E-state index contributed by atoms with van der Waals surface area (Å²) < 4.78 is 10.4. The molecule has 1 aliphatic carbocycles. The number of ether oxygens (including phenoxy) is 2. The molecule has 2 atom stereocenters. The van der Waals surface area contributed by atoms with E-state index in [1.807, 2.05) is 37.3 Å². The Labute approximate surface area is 155 Å². The molecule has 0 fully saturated rings. The fraction of sp³-hybridized carbons (Fsp3) is 0.318. The summed E-state index contributed by atoms with van der Waals surface area (Å²) in [7, 11) is 1.36. The molecule has 3 rings (SSSR count). The van der Waals surface area contributed by atoms with Gasteiger partial charge in [-0.25, -0.2) is 4.79 Å². The van der Waals surface area contributed by atoms with E-state index in [9.17, 15) is 4.79 Å². The smallest absolute Gasteiger partial charge is 0.343 e. The molecule has 0 aromatic carbocycles. The fourth-order valence-electron chi connectivity index (χ4n) is 3.69. The second-order valence-electron chi connectivity index (χ2n) is 6.39. The van der Waals surface area contributed by atoms with Crippen LogP contribution >= 0.6 is 0 Å². The second-order valence-corrected chi connectivity index (χ2v) is 6.39. The van der Waals surface area contributed by atoms with Gasteiger partial charge in [0.2, 0.25) is 0 Å². The van der Waals surface area contributed by atoms with Crippen LogP contribution in [0.1, 0.15) is 19.8 Å². The van der Waals surface area contributed by atoms with Crippen molar-refractivity contribution in [2.24, 2.45) is 5.92 Å². The van der Waals surface area contributed by atoms with Gasteiger partial charge in [-0.1, -0.05) is 43.0 Å². The second kappa shape index (κ2) is 8.09. The number of methoxy groups -OCH3 is 1. The molecule has 136 valence electrons. The van der Waals surface area contributed by atoms with Crippen LogP contribution in [0.2, 0.25) is 0 Å². The third kappa shape index (κ3) is 3.45. The highest BCUT2D eigenvalue weighted by molar-refractivity contribution is 5.70. The summed E-state index contributed by atoms with van der Waals surface area (Å²) >= 11 is 0. The van der Waals surface area contributed by atoms with Gasteiger partial charge in [-0.3, -0.25) is 0 Å². The molecule has 0 saturated heterocycles. The molecule has 0 amide bonds. The van der Waals surface area contributed by atoms with Gasteiger partial charge in [0.1, 0.15) is 5.76 Å². The van der Waals surface area contributed by atoms with Gasteiger partial charge in [0.05, 0.1) is 18.8 Å². The topological polar surface area (TPSA) is 38.8 Å². The van der Waals surface area contributed by atoms with E-state index in [0.29, 0.717) is 11.7 Å². The number of esters is 1. The van der Waals surface area contributed by atoms with E-state index in [0.717, 1.165) is 24.1 Å². The summed E-state index contributed by atoms with van der Waals surface area (Å²) in [6.45, 7) is 5.92. The largest absolute Gasteiger partial charge is 0.480 e. The Morgan fingerprint density at radius 3 is 3.04 bits per heavy atom. The van der Waals surface area contributed by atoms with Gasteiger partial charge in [-0.2, -0.15) is 0 Å². The molecular weight excluding hydrogens is 326 g/mol. The Morgan fingerprint density at radius 2 is 2.31 bits per heavy atom. The third-order valence-corrected chi connectivity index (χ3v) is 4.88. The lowest BCUT2D eigenvalue weighted by Crippen LogP contribution is -2.35. The number of hydrogen-bond donors (Lipinski definition) is 0. The third-order valence-electron chi connectivity index (χ3n) is 4.88. The Kier molecular flexibility index (Phi) is 5.61. The van der Waals surface area contributed by atoms with Crippen LogP contribution in [0.25, 0.3) is 0 Å². The van der Waals surface area contributed by atoms with Crippen molar-refractivity contribution in [1.29, 1.82) is 0 Å². The van der Waals surface area contributed by atoms with Crippen molar-refractivity contribution in [2.75, 3.05) is 13.7 Å². The van der Waals surface area contributed by atoms with Gasteiger partial charge < -0.3 is 14.4 Å². The molecule has 0 bridgehead atoms. The lowest BCUT2D eigenvalue weighted by Gasteiger charge is -2.36. The van der Waals surface area contributed by atoms with Gasteiger partial charge in [0, 0.05) is 12.1 Å². The van der Waals surface area contributed by atoms with Crippen LogP contribution in [0, 0.1) is 5.92 Å². The highest BCUT2D eigenvalue weighted by Gasteiger charge is 2.40. The SMILES string of the molecule is C=C/C(=C\C=C/C)C1=CCCC2C=C3C(OCC(=O)OC)=CC=CN3C12. The molecular formula is C22H25NO3.